The van der Waals surface area contributed by atoms with E-state index in [1.165, 1.54) is 12.1 Å². The van der Waals surface area contributed by atoms with Crippen LogP contribution in [0.1, 0.15) is 16.9 Å². The Morgan fingerprint density at radius 1 is 1.42 bits per heavy atom. The van der Waals surface area contributed by atoms with Crippen LogP contribution in [-0.2, 0) is 0 Å². The molecule has 0 aliphatic heterocycles. The van der Waals surface area contributed by atoms with Crippen molar-refractivity contribution in [3.63, 3.8) is 0 Å². The first-order valence-corrected chi connectivity index (χ1v) is 5.73. The van der Waals surface area contributed by atoms with Gasteiger partial charge in [-0.1, -0.05) is 0 Å². The van der Waals surface area contributed by atoms with Gasteiger partial charge < -0.3 is 5.32 Å². The summed E-state index contributed by atoms with van der Waals surface area (Å²) in [5.41, 5.74) is 1.67. The van der Waals surface area contributed by atoms with Crippen molar-refractivity contribution in [2.24, 2.45) is 0 Å². The summed E-state index contributed by atoms with van der Waals surface area (Å²) in [6, 6.07) is 7.50. The van der Waals surface area contributed by atoms with Crippen LogP contribution in [0.25, 0.3) is 11.3 Å². The van der Waals surface area contributed by atoms with E-state index in [1.54, 1.807) is 18.2 Å². The lowest BCUT2D eigenvalue weighted by Gasteiger charge is -1.98. The lowest BCUT2D eigenvalue weighted by atomic mass is 10.1. The van der Waals surface area contributed by atoms with Gasteiger partial charge >= 0.3 is 0 Å². The van der Waals surface area contributed by atoms with Crippen molar-refractivity contribution in [3.05, 3.63) is 41.8 Å². The highest BCUT2D eigenvalue weighted by atomic mass is 19.1. The van der Waals surface area contributed by atoms with Gasteiger partial charge in [0, 0.05) is 18.5 Å². The van der Waals surface area contributed by atoms with Crippen LogP contribution in [0.3, 0.4) is 0 Å². The number of hydrogen-bond donors (Lipinski definition) is 2. The third-order valence-corrected chi connectivity index (χ3v) is 2.52. The third kappa shape index (κ3) is 3.19. The molecule has 0 saturated heterocycles. The molecule has 1 aromatic heterocycles. The van der Waals surface area contributed by atoms with Gasteiger partial charge in [-0.3, -0.25) is 9.89 Å². The summed E-state index contributed by atoms with van der Waals surface area (Å²) in [6.45, 7) is 0.417. The monoisotopic (exact) mass is 257 g/mol. The summed E-state index contributed by atoms with van der Waals surface area (Å²) in [5, 5.41) is 9.32. The van der Waals surface area contributed by atoms with Gasteiger partial charge in [-0.05, 0) is 30.3 Å². The SMILES string of the molecule is C#CCCNC(=O)c1cc(-c2ccc(F)cc2)n[nH]1. The highest BCUT2D eigenvalue weighted by molar-refractivity contribution is 5.93. The Bertz CT molecular complexity index is 610. The molecule has 4 nitrogen and oxygen atoms in total. The van der Waals surface area contributed by atoms with E-state index in [2.05, 4.69) is 21.4 Å². The molecule has 0 fully saturated rings. The number of halogens is 1. The Morgan fingerprint density at radius 2 is 2.16 bits per heavy atom. The molecule has 5 heteroatoms. The van der Waals surface area contributed by atoms with Crippen molar-refractivity contribution >= 4 is 5.91 Å². The third-order valence-electron chi connectivity index (χ3n) is 2.52. The molecule has 0 spiro atoms. The van der Waals surface area contributed by atoms with Crippen LogP contribution < -0.4 is 5.32 Å². The number of carbonyl (C=O) groups is 1. The number of rotatable bonds is 4. The summed E-state index contributed by atoms with van der Waals surface area (Å²) in [5.74, 6) is 1.85. The Morgan fingerprint density at radius 3 is 2.84 bits per heavy atom. The average molecular weight is 257 g/mol. The number of hydrogen-bond acceptors (Lipinski definition) is 2. The van der Waals surface area contributed by atoms with Gasteiger partial charge in [0.25, 0.3) is 5.91 Å². The molecule has 0 atom stereocenters. The molecule has 19 heavy (non-hydrogen) atoms. The number of nitrogens with one attached hydrogen (secondary N) is 2. The van der Waals surface area contributed by atoms with Crippen LogP contribution in [0.4, 0.5) is 4.39 Å². The average Bonchev–Trinajstić information content (AvgIpc) is 2.89. The minimum Gasteiger partial charge on any atom is -0.350 e. The highest BCUT2D eigenvalue weighted by Gasteiger charge is 2.10. The molecule has 0 unspecified atom stereocenters. The van der Waals surface area contributed by atoms with E-state index in [-0.39, 0.29) is 11.7 Å². The van der Waals surface area contributed by atoms with Gasteiger partial charge in [0.15, 0.2) is 0 Å². The van der Waals surface area contributed by atoms with Crippen LogP contribution >= 0.6 is 0 Å². The first-order chi connectivity index (χ1) is 9.20. The highest BCUT2D eigenvalue weighted by Crippen LogP contribution is 2.17. The number of nitrogens with zero attached hydrogens (tertiary/aromatic N) is 1. The Hall–Kier alpha value is -2.61. The molecule has 1 heterocycles. The Labute approximate surface area is 110 Å². The van der Waals surface area contributed by atoms with Crippen molar-refractivity contribution in [1.29, 1.82) is 0 Å². The fourth-order valence-corrected chi connectivity index (χ4v) is 1.55. The molecule has 0 aliphatic carbocycles. The lowest BCUT2D eigenvalue weighted by Crippen LogP contribution is -2.24. The minimum absolute atomic E-state index is 0.267. The molecule has 2 N–H and O–H groups in total. The maximum Gasteiger partial charge on any atom is 0.269 e. The van der Waals surface area contributed by atoms with E-state index in [0.717, 1.165) is 5.56 Å². The smallest absolute Gasteiger partial charge is 0.269 e. The van der Waals surface area contributed by atoms with Gasteiger partial charge in [0.2, 0.25) is 0 Å². The van der Waals surface area contributed by atoms with Crippen molar-refractivity contribution in [1.82, 2.24) is 15.5 Å². The van der Waals surface area contributed by atoms with Gasteiger partial charge in [-0.25, -0.2) is 4.39 Å². The van der Waals surface area contributed by atoms with Crippen LogP contribution in [0, 0.1) is 18.2 Å². The molecular formula is C14H12FN3O. The summed E-state index contributed by atoms with van der Waals surface area (Å²) in [4.78, 5) is 11.7. The van der Waals surface area contributed by atoms with Crippen LogP contribution in [0.2, 0.25) is 0 Å². The van der Waals surface area contributed by atoms with Crippen LogP contribution in [0.5, 0.6) is 0 Å². The summed E-state index contributed by atoms with van der Waals surface area (Å²) < 4.78 is 12.8. The number of terminal acetylenes is 1. The Balaban J connectivity index is 2.08. The topological polar surface area (TPSA) is 57.8 Å². The first-order valence-electron chi connectivity index (χ1n) is 5.73. The van der Waals surface area contributed by atoms with E-state index in [9.17, 15) is 9.18 Å². The molecule has 1 aromatic carbocycles. The predicted molar refractivity (Wildman–Crippen MR) is 69.8 cm³/mol. The Kier molecular flexibility index (Phi) is 3.94. The standard InChI is InChI=1S/C14H12FN3O/c1-2-3-8-16-14(19)13-9-12(17-18-13)10-4-6-11(15)7-5-10/h1,4-7,9H,3,8H2,(H,16,19)(H,17,18). The van der Waals surface area contributed by atoms with E-state index in [4.69, 9.17) is 6.42 Å². The minimum atomic E-state index is -0.313. The van der Waals surface area contributed by atoms with Crippen LogP contribution in [0.15, 0.2) is 30.3 Å². The van der Waals surface area contributed by atoms with Gasteiger partial charge in [-0.2, -0.15) is 5.10 Å². The first kappa shape index (κ1) is 12.8. The van der Waals surface area contributed by atoms with E-state index < -0.39 is 0 Å². The maximum atomic E-state index is 12.8. The van der Waals surface area contributed by atoms with E-state index in [0.29, 0.717) is 24.4 Å². The fraction of sp³-hybridized carbons (Fsp3) is 0.143. The van der Waals surface area contributed by atoms with Gasteiger partial charge in [0.1, 0.15) is 11.5 Å². The quantitative estimate of drug-likeness (QED) is 0.650. The molecule has 0 radical (unpaired) electrons. The molecule has 1 amide bonds. The van der Waals surface area contributed by atoms with Gasteiger partial charge in [0.05, 0.1) is 5.69 Å². The van der Waals surface area contributed by atoms with Crippen molar-refractivity contribution in [2.45, 2.75) is 6.42 Å². The van der Waals surface area contributed by atoms with E-state index in [1.807, 2.05) is 0 Å². The van der Waals surface area contributed by atoms with E-state index >= 15 is 0 Å². The predicted octanol–water partition coefficient (Wildman–Crippen LogP) is 1.97. The van der Waals surface area contributed by atoms with Crippen molar-refractivity contribution in [2.75, 3.05) is 6.54 Å². The second-order valence-corrected chi connectivity index (χ2v) is 3.88. The molecule has 0 aliphatic rings. The normalized spacial score (nSPS) is 9.89. The molecule has 96 valence electrons. The van der Waals surface area contributed by atoms with Gasteiger partial charge in [-0.15, -0.1) is 12.3 Å². The van der Waals surface area contributed by atoms with Crippen molar-refractivity contribution in [3.8, 4) is 23.6 Å². The molecule has 2 rings (SSSR count). The molecule has 0 saturated carbocycles. The van der Waals surface area contributed by atoms with Crippen molar-refractivity contribution < 1.29 is 9.18 Å². The number of carbonyl (C=O) groups excluding carboxylic acids is 1. The number of benzene rings is 1. The maximum absolute atomic E-state index is 12.8. The summed E-state index contributed by atoms with van der Waals surface area (Å²) >= 11 is 0. The zero-order valence-corrected chi connectivity index (χ0v) is 10.1. The number of aromatic nitrogens is 2. The number of amides is 1. The summed E-state index contributed by atoms with van der Waals surface area (Å²) in [7, 11) is 0. The molecule has 0 bridgehead atoms. The largest absolute Gasteiger partial charge is 0.350 e. The van der Waals surface area contributed by atoms with Crippen LogP contribution in [-0.4, -0.2) is 22.6 Å². The zero-order valence-electron chi connectivity index (χ0n) is 10.1. The summed E-state index contributed by atoms with van der Waals surface area (Å²) in [6.07, 6.45) is 5.57. The number of H-pyrrole nitrogens is 1. The number of aromatic amines is 1. The fourth-order valence-electron chi connectivity index (χ4n) is 1.55. The second-order valence-electron chi connectivity index (χ2n) is 3.88. The lowest BCUT2D eigenvalue weighted by molar-refractivity contribution is 0.0949. The molecule has 2 aromatic rings. The molecular weight excluding hydrogens is 245 g/mol. The second kappa shape index (κ2) is 5.83. The zero-order chi connectivity index (χ0) is 13.7.